The van der Waals surface area contributed by atoms with Crippen LogP contribution in [-0.2, 0) is 37.3 Å². The molecule has 1 N–H and O–H groups in total. The van der Waals surface area contributed by atoms with Gasteiger partial charge in [-0.05, 0) is 97.3 Å². The molecule has 3 aromatic heterocycles. The smallest absolute Gasteiger partial charge is 0.129 e. The van der Waals surface area contributed by atoms with Crippen LogP contribution >= 0.6 is 0 Å². The van der Waals surface area contributed by atoms with Crippen molar-refractivity contribution in [2.24, 2.45) is 0 Å². The van der Waals surface area contributed by atoms with Crippen molar-refractivity contribution < 1.29 is 26.2 Å². The number of para-hydroxylation sites is 1. The minimum absolute atomic E-state index is 0. The van der Waals surface area contributed by atoms with Crippen molar-refractivity contribution in [3.05, 3.63) is 168 Å². The largest absolute Gasteiger partial charge is 0.507 e. The van der Waals surface area contributed by atoms with Crippen LogP contribution in [0.1, 0.15) is 77.6 Å². The van der Waals surface area contributed by atoms with Crippen LogP contribution in [0.5, 0.6) is 5.75 Å². The maximum absolute atomic E-state index is 11.1. The number of benzene rings is 5. The average Bonchev–Trinajstić information content (AvgIpc) is 3.69. The van der Waals surface area contributed by atoms with Gasteiger partial charge in [-0.3, -0.25) is 9.97 Å². The first-order chi connectivity index (χ1) is 27.2. The van der Waals surface area contributed by atoms with Crippen molar-refractivity contribution in [2.45, 2.75) is 71.6 Å². The van der Waals surface area contributed by atoms with Crippen LogP contribution in [0.15, 0.2) is 140 Å². The van der Waals surface area contributed by atoms with E-state index in [0.717, 1.165) is 50.5 Å². The van der Waals surface area contributed by atoms with Crippen LogP contribution in [0, 0.1) is 6.07 Å². The summed E-state index contributed by atoms with van der Waals surface area (Å²) in [5.41, 5.74) is 17.5. The Hall–Kier alpha value is -5.57. The van der Waals surface area contributed by atoms with Crippen LogP contribution in [0.25, 0.3) is 72.9 Å². The Bertz CT molecular complexity index is 2840. The van der Waals surface area contributed by atoms with Gasteiger partial charge in [-0.15, -0.1) is 24.3 Å². The molecule has 0 atom stereocenters. The van der Waals surface area contributed by atoms with Crippen molar-refractivity contribution >= 4 is 5.65 Å². The topological polar surface area (TPSA) is 50.4 Å². The average molecular weight is 938 g/mol. The molecule has 0 fully saturated rings. The third kappa shape index (κ3) is 6.82. The van der Waals surface area contributed by atoms with Crippen molar-refractivity contribution in [2.75, 3.05) is 0 Å². The fourth-order valence-corrected chi connectivity index (χ4v) is 8.39. The van der Waals surface area contributed by atoms with Crippen molar-refractivity contribution in [3.63, 3.8) is 0 Å². The minimum atomic E-state index is -0.129. The molecule has 0 spiro atoms. The molecular weight excluding hydrogens is 890 g/mol. The number of imidazole rings is 1. The Balaban J connectivity index is 0.00000469. The van der Waals surface area contributed by atoms with Crippen LogP contribution in [-0.4, -0.2) is 19.5 Å². The van der Waals surface area contributed by atoms with E-state index in [0.29, 0.717) is 11.3 Å². The summed E-state index contributed by atoms with van der Waals surface area (Å²) in [7, 11) is 0. The molecule has 9 rings (SSSR count). The number of hydrogen-bond donors (Lipinski definition) is 1. The van der Waals surface area contributed by atoms with Crippen LogP contribution in [0.2, 0.25) is 0 Å². The Morgan fingerprint density at radius 3 is 1.90 bits per heavy atom. The molecule has 0 radical (unpaired) electrons. The van der Waals surface area contributed by atoms with Gasteiger partial charge in [0.15, 0.2) is 0 Å². The molecule has 3 heterocycles. The van der Waals surface area contributed by atoms with E-state index in [4.69, 9.17) is 9.97 Å². The predicted molar refractivity (Wildman–Crippen MR) is 236 cm³/mol. The number of aromatic hydroxyl groups is 1. The normalized spacial score (nSPS) is 13.2. The summed E-state index contributed by atoms with van der Waals surface area (Å²) in [6.07, 6.45) is 2.10. The first kappa shape index (κ1) is 39.3. The quantitative estimate of drug-likeness (QED) is 0.175. The number of fused-ring (bicyclic) bond motifs is 4. The van der Waals surface area contributed by atoms with Gasteiger partial charge < -0.3 is 9.51 Å². The third-order valence-corrected chi connectivity index (χ3v) is 11.7. The van der Waals surface area contributed by atoms with Gasteiger partial charge in [-0.1, -0.05) is 145 Å². The fraction of sp³-hybridized carbons (Fsp3) is 0.208. The SMILES string of the molecule is CC(C)(C)c1cc(-c2cc(-c3[c-]c(-c4nc5ccccn5c4-c4ccc5c(c4)C(C)(C)c4ccccc4-5)ccc3)nc(-c3ccccc3O)c2)cc(C(C)(C)C)c1.[Pt]. The summed E-state index contributed by atoms with van der Waals surface area (Å²) in [6.45, 7) is 18.2. The van der Waals surface area contributed by atoms with Gasteiger partial charge >= 0.3 is 0 Å². The molecule has 8 aromatic rings. The first-order valence-corrected chi connectivity index (χ1v) is 19.9. The molecule has 0 bridgehead atoms. The van der Waals surface area contributed by atoms with Gasteiger partial charge in [0, 0.05) is 55.3 Å². The number of nitrogens with zero attached hydrogens (tertiary/aromatic N) is 3. The van der Waals surface area contributed by atoms with E-state index in [1.165, 1.54) is 33.4 Å². The molecule has 1 aliphatic rings. The Morgan fingerprint density at radius 2 is 1.17 bits per heavy atom. The summed E-state index contributed by atoms with van der Waals surface area (Å²) >= 11 is 0. The van der Waals surface area contributed by atoms with Crippen molar-refractivity contribution in [1.82, 2.24) is 14.4 Å². The van der Waals surface area contributed by atoms with Gasteiger partial charge in [-0.25, -0.2) is 0 Å². The zero-order valence-electron chi connectivity index (χ0n) is 34.4. The zero-order valence-corrected chi connectivity index (χ0v) is 36.7. The van der Waals surface area contributed by atoms with Crippen molar-refractivity contribution in [1.29, 1.82) is 0 Å². The molecule has 292 valence electrons. The van der Waals surface area contributed by atoms with Gasteiger partial charge in [0.25, 0.3) is 0 Å². The molecule has 0 unspecified atom stereocenters. The molecule has 4 nitrogen and oxygen atoms in total. The monoisotopic (exact) mass is 937 g/mol. The van der Waals surface area contributed by atoms with E-state index in [2.05, 4.69) is 175 Å². The summed E-state index contributed by atoms with van der Waals surface area (Å²) in [5, 5.41) is 11.1. The number of hydrogen-bond acceptors (Lipinski definition) is 3. The summed E-state index contributed by atoms with van der Waals surface area (Å²) in [5.74, 6) is 0.194. The Morgan fingerprint density at radius 1 is 0.552 bits per heavy atom. The summed E-state index contributed by atoms with van der Waals surface area (Å²) < 4.78 is 2.19. The standard InChI is InChI=1S/C53H48N3O.Pt/c1-51(2,3)38-27-36(28-39(32-38)52(4,5)6)37-30-45(54-46(31-37)42-19-10-12-21-47(42)57)33-16-15-17-34(26-33)49-50(56-25-14-13-22-48(56)55-49)35-23-24-41-40-18-9-11-20-43(40)53(7,8)44(41)29-35;/h9-25,27-32,57H,1-8H3;/q-1;. The summed E-state index contributed by atoms with van der Waals surface area (Å²) in [6, 6.07) is 50.5. The first-order valence-electron chi connectivity index (χ1n) is 19.9. The predicted octanol–water partition coefficient (Wildman–Crippen LogP) is 13.5. The van der Waals surface area contributed by atoms with E-state index in [9.17, 15) is 5.11 Å². The Labute approximate surface area is 357 Å². The van der Waals surface area contributed by atoms with Crippen LogP contribution < -0.4 is 0 Å². The number of rotatable bonds is 5. The molecule has 0 amide bonds. The zero-order chi connectivity index (χ0) is 39.9. The van der Waals surface area contributed by atoms with Gasteiger partial charge in [0.2, 0.25) is 0 Å². The van der Waals surface area contributed by atoms with E-state index in [-0.39, 0.29) is 43.1 Å². The number of phenols is 1. The van der Waals surface area contributed by atoms with Gasteiger partial charge in [-0.2, -0.15) is 0 Å². The van der Waals surface area contributed by atoms with Crippen LogP contribution in [0.4, 0.5) is 0 Å². The maximum Gasteiger partial charge on any atom is 0.129 e. The van der Waals surface area contributed by atoms with Gasteiger partial charge in [0.05, 0.1) is 5.69 Å². The van der Waals surface area contributed by atoms with Gasteiger partial charge in [0.1, 0.15) is 11.4 Å². The maximum atomic E-state index is 11.1. The molecule has 0 saturated heterocycles. The molecular formula is C53H48N3OPt-. The number of aromatic nitrogens is 3. The summed E-state index contributed by atoms with van der Waals surface area (Å²) in [4.78, 5) is 10.5. The second-order valence-electron chi connectivity index (χ2n) is 18.1. The van der Waals surface area contributed by atoms with Crippen LogP contribution in [0.3, 0.4) is 0 Å². The molecule has 5 aromatic carbocycles. The molecule has 5 heteroatoms. The van der Waals surface area contributed by atoms with E-state index < -0.39 is 0 Å². The van der Waals surface area contributed by atoms with E-state index in [1.807, 2.05) is 24.3 Å². The van der Waals surface area contributed by atoms with E-state index >= 15 is 0 Å². The minimum Gasteiger partial charge on any atom is -0.507 e. The fourth-order valence-electron chi connectivity index (χ4n) is 8.39. The number of phenolic OH excluding ortho intramolecular Hbond substituents is 1. The second kappa shape index (κ2) is 14.4. The third-order valence-electron chi connectivity index (χ3n) is 11.7. The molecule has 58 heavy (non-hydrogen) atoms. The van der Waals surface area contributed by atoms with E-state index in [1.54, 1.807) is 6.07 Å². The molecule has 0 aliphatic heterocycles. The Kier molecular flexibility index (Phi) is 9.72. The molecule has 1 aliphatic carbocycles. The molecule has 0 saturated carbocycles. The number of pyridine rings is 2. The second-order valence-corrected chi connectivity index (χ2v) is 18.1. The van der Waals surface area contributed by atoms with Crippen molar-refractivity contribution in [3.8, 4) is 73.0 Å².